The van der Waals surface area contributed by atoms with Gasteiger partial charge in [0.1, 0.15) is 5.54 Å². The van der Waals surface area contributed by atoms with E-state index in [0.717, 1.165) is 12.8 Å². The van der Waals surface area contributed by atoms with Crippen molar-refractivity contribution < 1.29 is 9.72 Å². The zero-order valence-electron chi connectivity index (χ0n) is 12.5. The topological polar surface area (TPSA) is 108 Å². The van der Waals surface area contributed by atoms with Crippen LogP contribution >= 0.6 is 0 Å². The van der Waals surface area contributed by atoms with E-state index in [1.807, 2.05) is 0 Å². The molecule has 1 fully saturated rings. The molecule has 0 aliphatic heterocycles. The first-order chi connectivity index (χ1) is 10.4. The molecule has 0 spiro atoms. The lowest BCUT2D eigenvalue weighted by Crippen LogP contribution is -2.48. The van der Waals surface area contributed by atoms with Gasteiger partial charge in [0.25, 0.3) is 5.69 Å². The summed E-state index contributed by atoms with van der Waals surface area (Å²) in [4.78, 5) is 22.4. The van der Waals surface area contributed by atoms with Gasteiger partial charge in [-0.05, 0) is 38.7 Å². The second-order valence-electron chi connectivity index (χ2n) is 5.70. The van der Waals surface area contributed by atoms with E-state index in [1.165, 1.54) is 6.07 Å². The van der Waals surface area contributed by atoms with Crippen LogP contribution in [0.1, 0.15) is 25.3 Å². The molecule has 0 heterocycles. The summed E-state index contributed by atoms with van der Waals surface area (Å²) in [6, 6.07) is 6.82. The van der Waals surface area contributed by atoms with E-state index in [0.29, 0.717) is 11.3 Å². The van der Waals surface area contributed by atoms with Crippen molar-refractivity contribution >= 4 is 17.3 Å². The summed E-state index contributed by atoms with van der Waals surface area (Å²) >= 11 is 0. The Morgan fingerprint density at radius 3 is 2.77 bits per heavy atom. The van der Waals surface area contributed by atoms with Gasteiger partial charge in [-0.15, -0.1) is 0 Å². The number of nitriles is 1. The smallest absolute Gasteiger partial charge is 0.274 e. The lowest BCUT2D eigenvalue weighted by molar-refractivity contribution is -0.385. The Bertz CT molecular complexity index is 649. The summed E-state index contributed by atoms with van der Waals surface area (Å²) in [5.41, 5.74) is 0.182. The average Bonchev–Trinajstić information content (AvgIpc) is 3.30. The fraction of sp³-hybridized carbons (Fsp3) is 0.467. The van der Waals surface area contributed by atoms with Crippen LogP contribution in [0.15, 0.2) is 18.2 Å². The first-order valence-corrected chi connectivity index (χ1v) is 7.07. The molecule has 7 nitrogen and oxygen atoms in total. The maximum Gasteiger partial charge on any atom is 0.274 e. The number of rotatable bonds is 6. The Hall–Kier alpha value is -2.62. The van der Waals surface area contributed by atoms with Crippen LogP contribution < -0.4 is 10.6 Å². The first kappa shape index (κ1) is 15.8. The standard InChI is InChI=1S/C15H18N4O3/c1-10-12(4-3-5-13(10)19(21)22)17-8-14(20)18-15(2,9-16)11-6-7-11/h3-5,11,17H,6-8H2,1-2H3,(H,18,20). The second-order valence-corrected chi connectivity index (χ2v) is 5.70. The molecular weight excluding hydrogens is 284 g/mol. The molecule has 0 saturated heterocycles. The molecule has 1 unspecified atom stereocenters. The van der Waals surface area contributed by atoms with Crippen LogP contribution in [0.4, 0.5) is 11.4 Å². The first-order valence-electron chi connectivity index (χ1n) is 7.07. The number of nitro benzene ring substituents is 1. The van der Waals surface area contributed by atoms with E-state index in [-0.39, 0.29) is 24.1 Å². The number of nitrogens with one attached hydrogen (secondary N) is 2. The lowest BCUT2D eigenvalue weighted by Gasteiger charge is -2.23. The molecule has 7 heteroatoms. The molecule has 1 amide bonds. The summed E-state index contributed by atoms with van der Waals surface area (Å²) in [5, 5.41) is 25.7. The van der Waals surface area contributed by atoms with Gasteiger partial charge in [0.15, 0.2) is 0 Å². The quantitative estimate of drug-likeness (QED) is 0.618. The molecule has 1 aliphatic carbocycles. The van der Waals surface area contributed by atoms with E-state index >= 15 is 0 Å². The fourth-order valence-corrected chi connectivity index (χ4v) is 2.40. The van der Waals surface area contributed by atoms with Gasteiger partial charge in [0, 0.05) is 17.3 Å². The minimum atomic E-state index is -0.837. The molecule has 2 rings (SSSR count). The molecule has 1 saturated carbocycles. The molecular formula is C15H18N4O3. The summed E-state index contributed by atoms with van der Waals surface area (Å²) in [6.07, 6.45) is 1.89. The van der Waals surface area contributed by atoms with Gasteiger partial charge in [-0.25, -0.2) is 0 Å². The molecule has 1 aromatic rings. The second kappa shape index (κ2) is 6.02. The van der Waals surface area contributed by atoms with Gasteiger partial charge in [-0.2, -0.15) is 5.26 Å². The van der Waals surface area contributed by atoms with Gasteiger partial charge in [-0.1, -0.05) is 6.07 Å². The Labute approximate surface area is 128 Å². The van der Waals surface area contributed by atoms with Gasteiger partial charge in [-0.3, -0.25) is 14.9 Å². The van der Waals surface area contributed by atoms with Crippen LogP contribution in [0.3, 0.4) is 0 Å². The predicted octanol–water partition coefficient (Wildman–Crippen LogP) is 2.12. The van der Waals surface area contributed by atoms with Crippen molar-refractivity contribution in [2.24, 2.45) is 5.92 Å². The van der Waals surface area contributed by atoms with E-state index in [9.17, 15) is 20.2 Å². The molecule has 0 radical (unpaired) electrons. The third-order valence-corrected chi connectivity index (χ3v) is 3.97. The van der Waals surface area contributed by atoms with E-state index < -0.39 is 10.5 Å². The number of anilines is 1. The number of carbonyl (C=O) groups excluding carboxylic acids is 1. The number of hydrogen-bond donors (Lipinski definition) is 2. The van der Waals surface area contributed by atoms with Crippen molar-refractivity contribution in [3.8, 4) is 6.07 Å². The number of hydrogen-bond acceptors (Lipinski definition) is 5. The summed E-state index contributed by atoms with van der Waals surface area (Å²) in [7, 11) is 0. The number of nitrogens with zero attached hydrogens (tertiary/aromatic N) is 2. The van der Waals surface area contributed by atoms with E-state index in [1.54, 1.807) is 26.0 Å². The highest BCUT2D eigenvalue weighted by Crippen LogP contribution is 2.39. The van der Waals surface area contributed by atoms with Crippen LogP contribution in [0.5, 0.6) is 0 Å². The summed E-state index contributed by atoms with van der Waals surface area (Å²) in [5.74, 6) is -0.0946. The third kappa shape index (κ3) is 3.34. The van der Waals surface area contributed by atoms with Crippen molar-refractivity contribution in [3.63, 3.8) is 0 Å². The lowest BCUT2D eigenvalue weighted by atomic mass is 9.98. The average molecular weight is 302 g/mol. The number of carbonyl (C=O) groups is 1. The Kier molecular flexibility index (Phi) is 4.31. The SMILES string of the molecule is Cc1c(NCC(=O)NC(C)(C#N)C2CC2)cccc1[N+](=O)[O-]. The normalized spacial score (nSPS) is 16.2. The minimum Gasteiger partial charge on any atom is -0.376 e. The number of benzene rings is 1. The largest absolute Gasteiger partial charge is 0.376 e. The maximum atomic E-state index is 12.0. The zero-order chi connectivity index (χ0) is 16.3. The van der Waals surface area contributed by atoms with Crippen LogP contribution in [0, 0.1) is 34.3 Å². The Balaban J connectivity index is 1.98. The molecule has 22 heavy (non-hydrogen) atoms. The Morgan fingerprint density at radius 2 is 2.23 bits per heavy atom. The van der Waals surface area contributed by atoms with Crippen LogP contribution in [-0.4, -0.2) is 22.9 Å². The molecule has 1 aliphatic rings. The summed E-state index contributed by atoms with van der Waals surface area (Å²) < 4.78 is 0. The fourth-order valence-electron chi connectivity index (χ4n) is 2.40. The van der Waals surface area contributed by atoms with Gasteiger partial charge in [0.2, 0.25) is 5.91 Å². The maximum absolute atomic E-state index is 12.0. The van der Waals surface area contributed by atoms with Crippen LogP contribution in [0.2, 0.25) is 0 Å². The monoisotopic (exact) mass is 302 g/mol. The van der Waals surface area contributed by atoms with Crippen LogP contribution in [0.25, 0.3) is 0 Å². The van der Waals surface area contributed by atoms with Gasteiger partial charge in [0.05, 0.1) is 17.5 Å². The van der Waals surface area contributed by atoms with Crippen molar-refractivity contribution in [1.29, 1.82) is 5.26 Å². The third-order valence-electron chi connectivity index (χ3n) is 3.97. The van der Waals surface area contributed by atoms with E-state index in [2.05, 4.69) is 16.7 Å². The van der Waals surface area contributed by atoms with Gasteiger partial charge >= 0.3 is 0 Å². The Morgan fingerprint density at radius 1 is 1.55 bits per heavy atom. The highest BCUT2D eigenvalue weighted by Gasteiger charge is 2.42. The molecule has 0 bridgehead atoms. The predicted molar refractivity (Wildman–Crippen MR) is 81.2 cm³/mol. The number of nitro groups is 1. The summed E-state index contributed by atoms with van der Waals surface area (Å²) in [6.45, 7) is 3.31. The highest BCUT2D eigenvalue weighted by atomic mass is 16.6. The molecule has 0 aromatic heterocycles. The molecule has 1 aromatic carbocycles. The van der Waals surface area contributed by atoms with Crippen molar-refractivity contribution in [1.82, 2.24) is 5.32 Å². The molecule has 1 atom stereocenters. The molecule has 116 valence electrons. The van der Waals surface area contributed by atoms with Crippen molar-refractivity contribution in [2.45, 2.75) is 32.2 Å². The van der Waals surface area contributed by atoms with E-state index in [4.69, 9.17) is 0 Å². The van der Waals surface area contributed by atoms with Gasteiger partial charge < -0.3 is 10.6 Å². The van der Waals surface area contributed by atoms with Crippen LogP contribution in [-0.2, 0) is 4.79 Å². The zero-order valence-corrected chi connectivity index (χ0v) is 12.5. The molecule has 2 N–H and O–H groups in total. The highest BCUT2D eigenvalue weighted by molar-refractivity contribution is 5.82. The minimum absolute atomic E-state index is 0.00486. The van der Waals surface area contributed by atoms with Crippen molar-refractivity contribution in [3.05, 3.63) is 33.9 Å². The van der Waals surface area contributed by atoms with Crippen molar-refractivity contribution in [2.75, 3.05) is 11.9 Å². The number of amides is 1.